The first kappa shape index (κ1) is 13.1. The van der Waals surface area contributed by atoms with Crippen LogP contribution in [0.25, 0.3) is 10.9 Å². The van der Waals surface area contributed by atoms with Crippen LogP contribution in [-0.2, 0) is 13.0 Å². The van der Waals surface area contributed by atoms with Gasteiger partial charge in [-0.1, -0.05) is 24.2 Å². The molecular weight excluding hydrogens is 244 g/mol. The van der Waals surface area contributed by atoms with Gasteiger partial charge in [0.25, 0.3) is 5.56 Å². The number of nitrogens with zero attached hydrogens (tertiary/aromatic N) is 3. The van der Waals surface area contributed by atoms with Crippen molar-refractivity contribution >= 4 is 16.7 Å². The van der Waals surface area contributed by atoms with Crippen LogP contribution in [0, 0.1) is 0 Å². The van der Waals surface area contributed by atoms with Gasteiger partial charge in [-0.05, 0) is 12.1 Å². The number of rotatable bonds is 4. The van der Waals surface area contributed by atoms with Gasteiger partial charge in [0.05, 0.1) is 10.9 Å². The van der Waals surface area contributed by atoms with E-state index in [1.165, 1.54) is 0 Å². The highest BCUT2D eigenvalue weighted by molar-refractivity contribution is 5.79. The second-order valence-corrected chi connectivity index (χ2v) is 4.20. The van der Waals surface area contributed by atoms with Gasteiger partial charge in [0.15, 0.2) is 0 Å². The summed E-state index contributed by atoms with van der Waals surface area (Å²) >= 11 is 0. The number of oxime groups is 1. The Labute approximate surface area is 110 Å². The van der Waals surface area contributed by atoms with E-state index in [2.05, 4.69) is 10.1 Å². The molecule has 0 spiro atoms. The lowest BCUT2D eigenvalue weighted by molar-refractivity contribution is 0.316. The average Bonchev–Trinajstić information content (AvgIpc) is 2.45. The predicted octanol–water partition coefficient (Wildman–Crippen LogP) is 1.10. The molecule has 0 atom stereocenters. The maximum absolute atomic E-state index is 12.4. The molecule has 0 saturated heterocycles. The minimum atomic E-state index is -0.0896. The third kappa shape index (κ3) is 2.57. The fourth-order valence-electron chi connectivity index (χ4n) is 1.99. The van der Waals surface area contributed by atoms with Crippen molar-refractivity contribution in [3.05, 3.63) is 40.4 Å². The summed E-state index contributed by atoms with van der Waals surface area (Å²) < 4.78 is 1.58. The molecule has 0 saturated carbocycles. The Balaban J connectivity index is 2.52. The van der Waals surface area contributed by atoms with Crippen LogP contribution in [0.4, 0.5) is 0 Å². The Morgan fingerprint density at radius 3 is 2.89 bits per heavy atom. The molecule has 0 amide bonds. The lowest BCUT2D eigenvalue weighted by atomic mass is 10.2. The molecule has 0 aliphatic heterocycles. The van der Waals surface area contributed by atoms with E-state index < -0.39 is 0 Å². The first-order valence-corrected chi connectivity index (χ1v) is 6.12. The van der Waals surface area contributed by atoms with E-state index >= 15 is 0 Å². The predicted molar refractivity (Wildman–Crippen MR) is 73.4 cm³/mol. The normalized spacial score (nSPS) is 11.9. The highest BCUT2D eigenvalue weighted by Gasteiger charge is 2.09. The Bertz CT molecular complexity index is 676. The van der Waals surface area contributed by atoms with Crippen LogP contribution in [0.3, 0.4) is 0 Å². The van der Waals surface area contributed by atoms with Gasteiger partial charge in [-0.2, -0.15) is 0 Å². The molecule has 2 aromatic rings. The molecule has 2 rings (SSSR count). The first-order chi connectivity index (χ1) is 9.17. The molecule has 1 aromatic carbocycles. The summed E-state index contributed by atoms with van der Waals surface area (Å²) in [5, 5.41) is 12.0. The van der Waals surface area contributed by atoms with Crippen molar-refractivity contribution in [3.8, 4) is 0 Å². The van der Waals surface area contributed by atoms with Gasteiger partial charge < -0.3 is 10.9 Å². The summed E-state index contributed by atoms with van der Waals surface area (Å²) in [6, 6.07) is 7.24. The van der Waals surface area contributed by atoms with E-state index in [0.29, 0.717) is 36.1 Å². The lowest BCUT2D eigenvalue weighted by Crippen LogP contribution is -2.27. The maximum Gasteiger partial charge on any atom is 0.261 e. The van der Waals surface area contributed by atoms with Gasteiger partial charge in [-0.3, -0.25) is 9.36 Å². The lowest BCUT2D eigenvalue weighted by Gasteiger charge is -2.11. The SMILES string of the molecule is CCc1nc2ccccc2c(=O)n1CC/C(N)=N/O. The Hall–Kier alpha value is -2.37. The van der Waals surface area contributed by atoms with Crippen LogP contribution in [0.15, 0.2) is 34.2 Å². The number of nitrogens with two attached hydrogens (primary N) is 1. The fraction of sp³-hybridized carbons (Fsp3) is 0.308. The van der Waals surface area contributed by atoms with Crippen LogP contribution in [0.2, 0.25) is 0 Å². The maximum atomic E-state index is 12.4. The second kappa shape index (κ2) is 5.51. The summed E-state index contributed by atoms with van der Waals surface area (Å²) in [5.41, 5.74) is 6.05. The van der Waals surface area contributed by atoms with E-state index in [4.69, 9.17) is 10.9 Å². The number of benzene rings is 1. The number of para-hydroxylation sites is 1. The zero-order chi connectivity index (χ0) is 13.8. The molecule has 100 valence electrons. The molecule has 1 heterocycles. The summed E-state index contributed by atoms with van der Waals surface area (Å²) in [6.07, 6.45) is 0.958. The van der Waals surface area contributed by atoms with Crippen molar-refractivity contribution in [1.29, 1.82) is 0 Å². The van der Waals surface area contributed by atoms with E-state index in [1.54, 1.807) is 10.6 Å². The number of aryl methyl sites for hydroxylation is 1. The van der Waals surface area contributed by atoms with Gasteiger partial charge in [-0.25, -0.2) is 4.98 Å². The Morgan fingerprint density at radius 2 is 2.21 bits per heavy atom. The molecule has 0 aliphatic carbocycles. The van der Waals surface area contributed by atoms with Gasteiger partial charge in [0.1, 0.15) is 11.7 Å². The molecule has 0 radical (unpaired) electrons. The molecule has 0 fully saturated rings. The van der Waals surface area contributed by atoms with E-state index in [1.807, 2.05) is 25.1 Å². The summed E-state index contributed by atoms with van der Waals surface area (Å²) in [6.45, 7) is 2.30. The molecule has 0 aliphatic rings. The highest BCUT2D eigenvalue weighted by atomic mass is 16.4. The van der Waals surface area contributed by atoms with Gasteiger partial charge in [0.2, 0.25) is 0 Å². The van der Waals surface area contributed by atoms with Crippen LogP contribution in [-0.4, -0.2) is 20.6 Å². The zero-order valence-electron chi connectivity index (χ0n) is 10.7. The minimum Gasteiger partial charge on any atom is -0.409 e. The zero-order valence-corrected chi connectivity index (χ0v) is 10.7. The second-order valence-electron chi connectivity index (χ2n) is 4.20. The third-order valence-corrected chi connectivity index (χ3v) is 2.98. The summed E-state index contributed by atoms with van der Waals surface area (Å²) in [7, 11) is 0. The molecule has 1 aromatic heterocycles. The van der Waals surface area contributed by atoms with Crippen molar-refractivity contribution in [2.75, 3.05) is 0 Å². The largest absolute Gasteiger partial charge is 0.409 e. The van der Waals surface area contributed by atoms with Gasteiger partial charge >= 0.3 is 0 Å². The number of hydrogen-bond acceptors (Lipinski definition) is 4. The smallest absolute Gasteiger partial charge is 0.261 e. The Kier molecular flexibility index (Phi) is 3.79. The van der Waals surface area contributed by atoms with Crippen molar-refractivity contribution in [1.82, 2.24) is 9.55 Å². The Morgan fingerprint density at radius 1 is 1.47 bits per heavy atom. The minimum absolute atomic E-state index is 0.0896. The molecule has 6 nitrogen and oxygen atoms in total. The van der Waals surface area contributed by atoms with Crippen molar-refractivity contribution < 1.29 is 5.21 Å². The molecule has 6 heteroatoms. The summed E-state index contributed by atoms with van der Waals surface area (Å²) in [5.74, 6) is 0.802. The number of hydrogen-bond donors (Lipinski definition) is 2. The number of fused-ring (bicyclic) bond motifs is 1. The molecule has 0 bridgehead atoms. The third-order valence-electron chi connectivity index (χ3n) is 2.98. The van der Waals surface area contributed by atoms with Crippen LogP contribution >= 0.6 is 0 Å². The quantitative estimate of drug-likeness (QED) is 0.372. The first-order valence-electron chi connectivity index (χ1n) is 6.12. The standard InChI is InChI=1S/C13H16N4O2/c1-2-12-15-10-6-4-3-5-9(10)13(18)17(12)8-7-11(14)16-19/h3-6,19H,2,7-8H2,1H3,(H2,14,16). The highest BCUT2D eigenvalue weighted by Crippen LogP contribution is 2.08. The molecule has 3 N–H and O–H groups in total. The monoisotopic (exact) mass is 260 g/mol. The van der Waals surface area contributed by atoms with Crippen LogP contribution in [0.5, 0.6) is 0 Å². The topological polar surface area (TPSA) is 93.5 Å². The molecular formula is C13H16N4O2. The van der Waals surface area contributed by atoms with E-state index in [0.717, 1.165) is 0 Å². The van der Waals surface area contributed by atoms with Gasteiger partial charge in [0, 0.05) is 19.4 Å². The van der Waals surface area contributed by atoms with E-state index in [9.17, 15) is 4.79 Å². The molecule has 19 heavy (non-hydrogen) atoms. The molecule has 0 unspecified atom stereocenters. The number of aromatic nitrogens is 2. The van der Waals surface area contributed by atoms with Crippen LogP contribution in [0.1, 0.15) is 19.2 Å². The van der Waals surface area contributed by atoms with Crippen molar-refractivity contribution in [2.24, 2.45) is 10.9 Å². The van der Waals surface area contributed by atoms with E-state index in [-0.39, 0.29) is 11.4 Å². The summed E-state index contributed by atoms with van der Waals surface area (Å²) in [4.78, 5) is 16.9. The van der Waals surface area contributed by atoms with Crippen molar-refractivity contribution in [2.45, 2.75) is 26.3 Å². The van der Waals surface area contributed by atoms with Crippen LogP contribution < -0.4 is 11.3 Å². The fourth-order valence-corrected chi connectivity index (χ4v) is 1.99. The van der Waals surface area contributed by atoms with Gasteiger partial charge in [-0.15, -0.1) is 0 Å². The average molecular weight is 260 g/mol. The number of amidine groups is 1. The van der Waals surface area contributed by atoms with Crippen molar-refractivity contribution in [3.63, 3.8) is 0 Å².